The van der Waals surface area contributed by atoms with E-state index in [0.29, 0.717) is 11.9 Å². The molecule has 0 saturated carbocycles. The van der Waals surface area contributed by atoms with Crippen LogP contribution in [0.4, 0.5) is 11.8 Å². The number of sulfone groups is 1. The van der Waals surface area contributed by atoms with Crippen LogP contribution in [0.2, 0.25) is 0 Å². The lowest BCUT2D eigenvalue weighted by Gasteiger charge is -2.31. The van der Waals surface area contributed by atoms with Crippen LogP contribution in [0.15, 0.2) is 40.3 Å². The highest BCUT2D eigenvalue weighted by molar-refractivity contribution is 7.91. The molecule has 0 bridgehead atoms. The second-order valence-corrected chi connectivity index (χ2v) is 8.53. The van der Waals surface area contributed by atoms with E-state index in [1.165, 1.54) is 12.6 Å². The summed E-state index contributed by atoms with van der Waals surface area (Å²) in [5.74, 6) is 1.08. The Balaban J connectivity index is 1.91. The third-order valence-corrected chi connectivity index (χ3v) is 6.43. The van der Waals surface area contributed by atoms with Gasteiger partial charge in [0.25, 0.3) is 0 Å². The molecule has 3 rings (SSSR count). The van der Waals surface area contributed by atoms with Crippen molar-refractivity contribution in [1.82, 2.24) is 9.97 Å². The van der Waals surface area contributed by atoms with Gasteiger partial charge < -0.3 is 10.6 Å². The van der Waals surface area contributed by atoms with E-state index in [1.54, 1.807) is 12.1 Å². The van der Waals surface area contributed by atoms with Gasteiger partial charge in [-0.25, -0.2) is 13.4 Å². The van der Waals surface area contributed by atoms with Crippen molar-refractivity contribution in [2.24, 2.45) is 5.92 Å². The molecule has 0 aliphatic carbocycles. The highest BCUT2D eigenvalue weighted by Crippen LogP contribution is 2.27. The third-order valence-electron chi connectivity index (χ3n) is 4.64. The number of aromatic nitrogens is 2. The van der Waals surface area contributed by atoms with Crippen LogP contribution in [0.25, 0.3) is 0 Å². The Labute approximate surface area is 149 Å². The van der Waals surface area contributed by atoms with Gasteiger partial charge in [-0.2, -0.15) is 4.98 Å². The second-order valence-electron chi connectivity index (χ2n) is 6.61. The first-order valence-corrected chi connectivity index (χ1v) is 10.1. The number of nitrogen functional groups attached to an aromatic ring is 1. The number of hydrogen-bond acceptors (Lipinski definition) is 6. The summed E-state index contributed by atoms with van der Waals surface area (Å²) in [6.45, 7) is 5.95. The van der Waals surface area contributed by atoms with Crippen LogP contribution in [0.3, 0.4) is 0 Å². The Bertz CT molecular complexity index is 850. The molecule has 134 valence electrons. The van der Waals surface area contributed by atoms with Crippen LogP contribution in [-0.2, 0) is 16.3 Å². The highest BCUT2D eigenvalue weighted by Gasteiger charge is 2.24. The Kier molecular flexibility index (Phi) is 4.94. The molecule has 2 heterocycles. The lowest BCUT2D eigenvalue weighted by Crippen LogP contribution is -2.35. The number of hydrogen-bond donors (Lipinski definition) is 1. The molecule has 2 N–H and O–H groups in total. The minimum atomic E-state index is -3.72. The summed E-state index contributed by atoms with van der Waals surface area (Å²) in [5, 5.41) is 0. The van der Waals surface area contributed by atoms with E-state index in [-0.39, 0.29) is 15.6 Å². The van der Waals surface area contributed by atoms with E-state index in [9.17, 15) is 8.42 Å². The van der Waals surface area contributed by atoms with Crippen LogP contribution >= 0.6 is 0 Å². The van der Waals surface area contributed by atoms with Crippen molar-refractivity contribution in [3.63, 3.8) is 0 Å². The van der Waals surface area contributed by atoms with Gasteiger partial charge in [0, 0.05) is 13.1 Å². The van der Waals surface area contributed by atoms with E-state index < -0.39 is 9.84 Å². The Morgan fingerprint density at radius 1 is 1.28 bits per heavy atom. The average molecular weight is 360 g/mol. The molecule has 7 heteroatoms. The number of anilines is 2. The largest absolute Gasteiger partial charge is 0.382 e. The van der Waals surface area contributed by atoms with E-state index in [4.69, 9.17) is 5.73 Å². The molecule has 1 aromatic carbocycles. The molecule has 0 radical (unpaired) electrons. The van der Waals surface area contributed by atoms with Crippen LogP contribution in [0.5, 0.6) is 0 Å². The molecular formula is C18H24N4O2S. The summed E-state index contributed by atoms with van der Waals surface area (Å²) in [5.41, 5.74) is 7.07. The van der Waals surface area contributed by atoms with Gasteiger partial charge in [0.2, 0.25) is 15.8 Å². The summed E-state index contributed by atoms with van der Waals surface area (Å²) in [7, 11) is -3.72. The predicted molar refractivity (Wildman–Crippen MR) is 98.3 cm³/mol. The normalized spacial score (nSPS) is 18.3. The number of piperidine rings is 1. The standard InChI is InChI=1S/C18H24N4O2S/c1-3-14-6-8-15(9-7-14)25(23,24)16-11-20-18(21-17(16)19)22-10-4-5-13(2)12-22/h6-9,11,13H,3-5,10,12H2,1-2H3,(H2,19,20,21). The molecule has 2 aromatic rings. The van der Waals surface area contributed by atoms with Gasteiger partial charge in [0.05, 0.1) is 11.1 Å². The maximum atomic E-state index is 12.8. The van der Waals surface area contributed by atoms with Gasteiger partial charge in [-0.1, -0.05) is 26.0 Å². The third kappa shape index (κ3) is 3.61. The quantitative estimate of drug-likeness (QED) is 0.902. The highest BCUT2D eigenvalue weighted by atomic mass is 32.2. The number of benzene rings is 1. The molecule has 1 atom stereocenters. The van der Waals surface area contributed by atoms with Crippen molar-refractivity contribution in [1.29, 1.82) is 0 Å². The lowest BCUT2D eigenvalue weighted by atomic mass is 10.0. The van der Waals surface area contributed by atoms with Crippen molar-refractivity contribution in [3.8, 4) is 0 Å². The van der Waals surface area contributed by atoms with Gasteiger partial charge in [0.1, 0.15) is 10.7 Å². The molecule has 1 aliphatic heterocycles. The molecule has 0 amide bonds. The minimum absolute atomic E-state index is 0.00259. The molecular weight excluding hydrogens is 336 g/mol. The first kappa shape index (κ1) is 17.7. The SMILES string of the molecule is CCc1ccc(S(=O)(=O)c2cnc(N3CCCC(C)C3)nc2N)cc1. The van der Waals surface area contributed by atoms with Crippen LogP contribution in [0, 0.1) is 5.92 Å². The van der Waals surface area contributed by atoms with E-state index in [0.717, 1.165) is 31.5 Å². The Morgan fingerprint density at radius 2 is 2.00 bits per heavy atom. The van der Waals surface area contributed by atoms with Crippen molar-refractivity contribution < 1.29 is 8.42 Å². The molecule has 1 saturated heterocycles. The molecule has 1 aliphatic rings. The predicted octanol–water partition coefficient (Wildman–Crippen LogP) is 2.69. The molecule has 1 unspecified atom stereocenters. The van der Waals surface area contributed by atoms with Gasteiger partial charge in [-0.05, 0) is 42.9 Å². The summed E-state index contributed by atoms with van der Waals surface area (Å²) in [4.78, 5) is 10.8. The Morgan fingerprint density at radius 3 is 2.60 bits per heavy atom. The zero-order valence-corrected chi connectivity index (χ0v) is 15.5. The van der Waals surface area contributed by atoms with Gasteiger partial charge in [0.15, 0.2) is 0 Å². The molecule has 1 aromatic heterocycles. The van der Waals surface area contributed by atoms with Crippen molar-refractivity contribution in [2.75, 3.05) is 23.7 Å². The number of nitrogens with two attached hydrogens (primary N) is 1. The summed E-state index contributed by atoms with van der Waals surface area (Å²) < 4.78 is 25.6. The van der Waals surface area contributed by atoms with Crippen LogP contribution in [0.1, 0.15) is 32.3 Å². The monoisotopic (exact) mass is 360 g/mol. The maximum Gasteiger partial charge on any atom is 0.227 e. The van der Waals surface area contributed by atoms with Crippen molar-refractivity contribution in [2.45, 2.75) is 42.9 Å². The van der Waals surface area contributed by atoms with E-state index in [1.807, 2.05) is 19.1 Å². The molecule has 1 fully saturated rings. The van der Waals surface area contributed by atoms with Gasteiger partial charge >= 0.3 is 0 Å². The molecule has 0 spiro atoms. The Hall–Kier alpha value is -2.15. The fraction of sp³-hybridized carbons (Fsp3) is 0.444. The first-order valence-electron chi connectivity index (χ1n) is 8.63. The fourth-order valence-electron chi connectivity index (χ4n) is 3.14. The summed E-state index contributed by atoms with van der Waals surface area (Å²) in [6.07, 6.45) is 4.45. The average Bonchev–Trinajstić information content (AvgIpc) is 2.61. The van der Waals surface area contributed by atoms with Crippen molar-refractivity contribution >= 4 is 21.6 Å². The topological polar surface area (TPSA) is 89.2 Å². The van der Waals surface area contributed by atoms with Crippen molar-refractivity contribution in [3.05, 3.63) is 36.0 Å². The van der Waals surface area contributed by atoms with Crippen LogP contribution < -0.4 is 10.6 Å². The first-order chi connectivity index (χ1) is 11.9. The van der Waals surface area contributed by atoms with Crippen LogP contribution in [-0.4, -0.2) is 31.5 Å². The number of aryl methyl sites for hydroxylation is 1. The molecule has 6 nitrogen and oxygen atoms in total. The lowest BCUT2D eigenvalue weighted by molar-refractivity contribution is 0.442. The zero-order chi connectivity index (χ0) is 18.0. The fourth-order valence-corrected chi connectivity index (χ4v) is 4.40. The minimum Gasteiger partial charge on any atom is -0.382 e. The smallest absolute Gasteiger partial charge is 0.227 e. The molecule has 25 heavy (non-hydrogen) atoms. The van der Waals surface area contributed by atoms with E-state index >= 15 is 0 Å². The van der Waals surface area contributed by atoms with Gasteiger partial charge in [-0.3, -0.25) is 0 Å². The summed E-state index contributed by atoms with van der Waals surface area (Å²) in [6, 6.07) is 6.84. The maximum absolute atomic E-state index is 12.8. The van der Waals surface area contributed by atoms with E-state index in [2.05, 4.69) is 21.8 Å². The number of rotatable bonds is 4. The van der Waals surface area contributed by atoms with Gasteiger partial charge in [-0.15, -0.1) is 0 Å². The zero-order valence-electron chi connectivity index (χ0n) is 14.6. The summed E-state index contributed by atoms with van der Waals surface area (Å²) >= 11 is 0. The number of nitrogens with zero attached hydrogens (tertiary/aromatic N) is 3. The second kappa shape index (κ2) is 7.00.